The van der Waals surface area contributed by atoms with Gasteiger partial charge in [0.05, 0.1) is 6.04 Å². The van der Waals surface area contributed by atoms with Crippen LogP contribution < -0.4 is 5.32 Å². The van der Waals surface area contributed by atoms with E-state index in [-0.39, 0.29) is 11.9 Å². The summed E-state index contributed by atoms with van der Waals surface area (Å²) in [6.07, 6.45) is 0.491. The molecule has 0 bridgehead atoms. The third kappa shape index (κ3) is 2.08. The zero-order valence-electron chi connectivity index (χ0n) is 9.49. The molecule has 0 aliphatic rings. The Labute approximate surface area is 94.4 Å². The van der Waals surface area contributed by atoms with Crippen LogP contribution >= 0.6 is 0 Å². The van der Waals surface area contributed by atoms with E-state index in [1.165, 1.54) is 0 Å². The van der Waals surface area contributed by atoms with Crippen molar-refractivity contribution < 1.29 is 9.21 Å². The molecule has 3 heteroatoms. The zero-order chi connectivity index (χ0) is 11.5. The van der Waals surface area contributed by atoms with Gasteiger partial charge in [0.1, 0.15) is 11.3 Å². The first-order valence-electron chi connectivity index (χ1n) is 5.48. The van der Waals surface area contributed by atoms with Crippen LogP contribution in [0.5, 0.6) is 0 Å². The molecule has 0 saturated heterocycles. The van der Waals surface area contributed by atoms with Crippen molar-refractivity contribution in [1.29, 1.82) is 0 Å². The smallest absolute Gasteiger partial charge is 0.220 e. The molecule has 84 valence electrons. The van der Waals surface area contributed by atoms with Crippen LogP contribution in [0.2, 0.25) is 0 Å². The van der Waals surface area contributed by atoms with E-state index in [2.05, 4.69) is 5.32 Å². The van der Waals surface area contributed by atoms with Crippen molar-refractivity contribution in [3.63, 3.8) is 0 Å². The second-order valence-corrected chi connectivity index (χ2v) is 3.83. The molecule has 1 heterocycles. The van der Waals surface area contributed by atoms with Gasteiger partial charge in [0.2, 0.25) is 5.91 Å². The molecule has 1 atom stereocenters. The van der Waals surface area contributed by atoms with Crippen LogP contribution in [-0.4, -0.2) is 5.91 Å². The average molecular weight is 217 g/mol. The van der Waals surface area contributed by atoms with Crippen molar-refractivity contribution in [3.8, 4) is 0 Å². The summed E-state index contributed by atoms with van der Waals surface area (Å²) in [4.78, 5) is 11.3. The molecule has 0 saturated carbocycles. The third-order valence-corrected chi connectivity index (χ3v) is 2.57. The van der Waals surface area contributed by atoms with Gasteiger partial charge in [-0.05, 0) is 19.1 Å². The standard InChI is InChI=1S/C13H15NO2/c1-3-13(15)14-9(2)12-8-10-6-4-5-7-11(10)16-12/h4-9H,3H2,1-2H3,(H,14,15). The number of para-hydroxylation sites is 1. The van der Waals surface area contributed by atoms with E-state index in [0.29, 0.717) is 6.42 Å². The highest BCUT2D eigenvalue weighted by Gasteiger charge is 2.12. The first-order valence-corrected chi connectivity index (χ1v) is 5.48. The van der Waals surface area contributed by atoms with Crippen molar-refractivity contribution in [1.82, 2.24) is 5.32 Å². The summed E-state index contributed by atoms with van der Waals surface area (Å²) >= 11 is 0. The topological polar surface area (TPSA) is 42.2 Å². The minimum atomic E-state index is -0.0835. The number of carbonyl (C=O) groups excluding carboxylic acids is 1. The van der Waals surface area contributed by atoms with E-state index in [1.54, 1.807) is 0 Å². The summed E-state index contributed by atoms with van der Waals surface area (Å²) in [5.41, 5.74) is 0.857. The fraction of sp³-hybridized carbons (Fsp3) is 0.308. The number of amides is 1. The van der Waals surface area contributed by atoms with Crippen molar-refractivity contribution in [3.05, 3.63) is 36.1 Å². The highest BCUT2D eigenvalue weighted by molar-refractivity contribution is 5.79. The molecule has 2 rings (SSSR count). The van der Waals surface area contributed by atoms with Crippen molar-refractivity contribution in [2.75, 3.05) is 0 Å². The maximum Gasteiger partial charge on any atom is 0.220 e. The molecule has 0 aliphatic carbocycles. The Bertz CT molecular complexity index is 468. The van der Waals surface area contributed by atoms with E-state index in [4.69, 9.17) is 4.42 Å². The average Bonchev–Trinajstić information content (AvgIpc) is 2.72. The predicted molar refractivity (Wildman–Crippen MR) is 63.1 cm³/mol. The quantitative estimate of drug-likeness (QED) is 0.858. The fourth-order valence-electron chi connectivity index (χ4n) is 1.63. The number of benzene rings is 1. The maximum absolute atomic E-state index is 11.3. The zero-order valence-corrected chi connectivity index (χ0v) is 9.49. The third-order valence-electron chi connectivity index (χ3n) is 2.57. The molecule has 16 heavy (non-hydrogen) atoms. The second kappa shape index (κ2) is 4.39. The number of hydrogen-bond donors (Lipinski definition) is 1. The number of nitrogens with one attached hydrogen (secondary N) is 1. The Morgan fingerprint density at radius 1 is 1.44 bits per heavy atom. The molecular weight excluding hydrogens is 202 g/mol. The lowest BCUT2D eigenvalue weighted by Crippen LogP contribution is -2.25. The minimum absolute atomic E-state index is 0.0351. The lowest BCUT2D eigenvalue weighted by Gasteiger charge is -2.09. The van der Waals surface area contributed by atoms with Crippen LogP contribution in [0.4, 0.5) is 0 Å². The number of carbonyl (C=O) groups is 1. The lowest BCUT2D eigenvalue weighted by molar-refractivity contribution is -0.121. The van der Waals surface area contributed by atoms with Gasteiger partial charge in [-0.25, -0.2) is 0 Å². The maximum atomic E-state index is 11.3. The molecule has 1 N–H and O–H groups in total. The van der Waals surface area contributed by atoms with Crippen LogP contribution in [0.15, 0.2) is 34.7 Å². The number of hydrogen-bond acceptors (Lipinski definition) is 2. The SMILES string of the molecule is CCC(=O)NC(C)c1cc2ccccc2o1. The molecule has 0 fully saturated rings. The highest BCUT2D eigenvalue weighted by atomic mass is 16.3. The summed E-state index contributed by atoms with van der Waals surface area (Å²) in [5, 5.41) is 3.94. The molecule has 0 radical (unpaired) electrons. The number of fused-ring (bicyclic) bond motifs is 1. The summed E-state index contributed by atoms with van der Waals surface area (Å²) in [7, 11) is 0. The number of furan rings is 1. The first-order chi connectivity index (χ1) is 7.70. The highest BCUT2D eigenvalue weighted by Crippen LogP contribution is 2.23. The molecule has 1 amide bonds. The van der Waals surface area contributed by atoms with Gasteiger partial charge in [-0.2, -0.15) is 0 Å². The van der Waals surface area contributed by atoms with E-state index >= 15 is 0 Å². The Morgan fingerprint density at radius 3 is 2.88 bits per heavy atom. The summed E-state index contributed by atoms with van der Waals surface area (Å²) < 4.78 is 5.66. The van der Waals surface area contributed by atoms with Crippen LogP contribution in [0, 0.1) is 0 Å². The molecular formula is C13H15NO2. The van der Waals surface area contributed by atoms with Crippen LogP contribution in [-0.2, 0) is 4.79 Å². The lowest BCUT2D eigenvalue weighted by atomic mass is 10.2. The molecule has 3 nitrogen and oxygen atoms in total. The summed E-state index contributed by atoms with van der Waals surface area (Å²) in [6.45, 7) is 3.76. The molecule has 2 aromatic rings. The van der Waals surface area contributed by atoms with Gasteiger partial charge in [-0.3, -0.25) is 4.79 Å². The monoisotopic (exact) mass is 217 g/mol. The first kappa shape index (κ1) is 10.7. The molecule has 1 aromatic heterocycles. The summed E-state index contributed by atoms with van der Waals surface area (Å²) in [6, 6.07) is 9.71. The van der Waals surface area contributed by atoms with Crippen molar-refractivity contribution >= 4 is 16.9 Å². The molecule has 1 unspecified atom stereocenters. The van der Waals surface area contributed by atoms with Crippen molar-refractivity contribution in [2.45, 2.75) is 26.3 Å². The molecule has 0 spiro atoms. The van der Waals surface area contributed by atoms with E-state index < -0.39 is 0 Å². The minimum Gasteiger partial charge on any atom is -0.459 e. The predicted octanol–water partition coefficient (Wildman–Crippen LogP) is 3.02. The second-order valence-electron chi connectivity index (χ2n) is 3.83. The molecule has 0 aliphatic heterocycles. The van der Waals surface area contributed by atoms with Gasteiger partial charge in [0.25, 0.3) is 0 Å². The molecule has 1 aromatic carbocycles. The van der Waals surface area contributed by atoms with Crippen LogP contribution in [0.1, 0.15) is 32.1 Å². The van der Waals surface area contributed by atoms with Gasteiger partial charge in [0, 0.05) is 11.8 Å². The number of rotatable bonds is 3. The largest absolute Gasteiger partial charge is 0.459 e. The van der Waals surface area contributed by atoms with Crippen molar-refractivity contribution in [2.24, 2.45) is 0 Å². The Hall–Kier alpha value is -1.77. The van der Waals surface area contributed by atoms with Crippen LogP contribution in [0.25, 0.3) is 11.0 Å². The Morgan fingerprint density at radius 2 is 2.19 bits per heavy atom. The van der Waals surface area contributed by atoms with E-state index in [0.717, 1.165) is 16.7 Å². The Kier molecular flexibility index (Phi) is 2.95. The Balaban J connectivity index is 2.23. The van der Waals surface area contributed by atoms with Gasteiger partial charge in [0.15, 0.2) is 0 Å². The van der Waals surface area contributed by atoms with Crippen LogP contribution in [0.3, 0.4) is 0 Å². The van der Waals surface area contributed by atoms with E-state index in [9.17, 15) is 4.79 Å². The van der Waals surface area contributed by atoms with Gasteiger partial charge in [-0.1, -0.05) is 25.1 Å². The van der Waals surface area contributed by atoms with E-state index in [1.807, 2.05) is 44.2 Å². The van der Waals surface area contributed by atoms with Gasteiger partial charge >= 0.3 is 0 Å². The van der Waals surface area contributed by atoms with Gasteiger partial charge in [-0.15, -0.1) is 0 Å². The van der Waals surface area contributed by atoms with Gasteiger partial charge < -0.3 is 9.73 Å². The fourth-order valence-corrected chi connectivity index (χ4v) is 1.63. The normalized spacial score (nSPS) is 12.6. The summed E-state index contributed by atoms with van der Waals surface area (Å²) in [5.74, 6) is 0.830.